The van der Waals surface area contributed by atoms with Gasteiger partial charge in [0.25, 0.3) is 0 Å². The molecule has 2 aromatic rings. The highest BCUT2D eigenvalue weighted by molar-refractivity contribution is 6.42. The number of aryl methyl sites for hydroxylation is 2. The molecule has 0 amide bonds. The molecule has 3 heteroatoms. The number of rotatable bonds is 1. The van der Waals surface area contributed by atoms with Gasteiger partial charge in [-0.05, 0) is 49.1 Å². The second kappa shape index (κ2) is 4.73. The van der Waals surface area contributed by atoms with E-state index in [9.17, 15) is 0 Å². The maximum Gasteiger partial charge on any atom is 0.0595 e. The highest BCUT2D eigenvalue weighted by Gasteiger charge is 2.23. The quantitative estimate of drug-likeness (QED) is 0.750. The molecule has 0 spiro atoms. The van der Waals surface area contributed by atoms with E-state index in [4.69, 9.17) is 23.2 Å². The van der Waals surface area contributed by atoms with Gasteiger partial charge in [0.15, 0.2) is 0 Å². The first kappa shape index (κ1) is 12.8. The van der Waals surface area contributed by atoms with Crippen LogP contribution in [0.25, 0.3) is 0 Å². The average Bonchev–Trinajstić information content (AvgIpc) is 2.76. The molecule has 0 saturated carbocycles. The number of halogens is 2. The topological polar surface area (TPSA) is 12.0 Å². The smallest absolute Gasteiger partial charge is 0.0595 e. The van der Waals surface area contributed by atoms with Gasteiger partial charge in [-0.25, -0.2) is 0 Å². The third kappa shape index (κ3) is 2.33. The lowest BCUT2D eigenvalue weighted by Crippen LogP contribution is -2.05. The first-order valence-corrected chi connectivity index (χ1v) is 7.12. The van der Waals surface area contributed by atoms with E-state index in [0.717, 1.165) is 6.42 Å². The van der Waals surface area contributed by atoms with Crippen LogP contribution >= 0.6 is 23.2 Å². The fourth-order valence-corrected chi connectivity index (χ4v) is 3.11. The van der Waals surface area contributed by atoms with Gasteiger partial charge in [-0.15, -0.1) is 0 Å². The van der Waals surface area contributed by atoms with Crippen LogP contribution in [0, 0.1) is 13.8 Å². The molecule has 0 saturated heterocycles. The Morgan fingerprint density at radius 2 is 1.84 bits per heavy atom. The molecule has 0 aliphatic carbocycles. The van der Waals surface area contributed by atoms with Crippen molar-refractivity contribution in [3.05, 3.63) is 62.6 Å². The van der Waals surface area contributed by atoms with Gasteiger partial charge in [-0.3, -0.25) is 0 Å². The van der Waals surface area contributed by atoms with Crippen molar-refractivity contribution in [1.82, 2.24) is 0 Å². The molecule has 1 nitrogen and oxygen atoms in total. The van der Waals surface area contributed by atoms with Crippen LogP contribution in [0.15, 0.2) is 30.3 Å². The van der Waals surface area contributed by atoms with Crippen LogP contribution in [0.5, 0.6) is 0 Å². The van der Waals surface area contributed by atoms with Gasteiger partial charge in [0.2, 0.25) is 0 Å². The van der Waals surface area contributed by atoms with Crippen molar-refractivity contribution in [3.8, 4) is 0 Å². The molecular formula is C16H15Cl2N. The second-order valence-electron chi connectivity index (χ2n) is 5.19. The summed E-state index contributed by atoms with van der Waals surface area (Å²) in [5.41, 5.74) is 6.45. The van der Waals surface area contributed by atoms with Crippen LogP contribution in [0.1, 0.15) is 28.3 Å². The summed E-state index contributed by atoms with van der Waals surface area (Å²) in [4.78, 5) is 0. The Hall–Kier alpha value is -1.18. The number of fused-ring (bicyclic) bond motifs is 1. The molecule has 1 atom stereocenters. The number of hydrogen-bond donors (Lipinski definition) is 1. The Labute approximate surface area is 123 Å². The van der Waals surface area contributed by atoms with Gasteiger partial charge in [0, 0.05) is 5.69 Å². The molecule has 1 heterocycles. The van der Waals surface area contributed by atoms with Crippen LogP contribution in [0.3, 0.4) is 0 Å². The number of hydrogen-bond acceptors (Lipinski definition) is 1. The van der Waals surface area contributed by atoms with Gasteiger partial charge >= 0.3 is 0 Å². The van der Waals surface area contributed by atoms with Crippen molar-refractivity contribution >= 4 is 28.9 Å². The lowest BCUT2D eigenvalue weighted by Gasteiger charge is -2.13. The normalized spacial score (nSPS) is 17.2. The number of anilines is 1. The summed E-state index contributed by atoms with van der Waals surface area (Å²) in [5, 5.41) is 4.81. The largest absolute Gasteiger partial charge is 0.377 e. The van der Waals surface area contributed by atoms with Gasteiger partial charge in [-0.2, -0.15) is 0 Å². The maximum absolute atomic E-state index is 6.10. The summed E-state index contributed by atoms with van der Waals surface area (Å²) in [6, 6.07) is 10.6. The fraction of sp³-hybridized carbons (Fsp3) is 0.250. The standard InChI is InChI=1S/C16H15Cl2N/c1-9-5-10(2)16-12(6-9)8-15(19-16)11-3-4-13(17)14(18)7-11/h3-7,15,19H,8H2,1-2H3. The monoisotopic (exact) mass is 291 g/mol. The molecule has 1 aliphatic rings. The van der Waals surface area contributed by atoms with Crippen LogP contribution in [-0.2, 0) is 6.42 Å². The zero-order chi connectivity index (χ0) is 13.6. The van der Waals surface area contributed by atoms with Gasteiger partial charge in [0.1, 0.15) is 0 Å². The van der Waals surface area contributed by atoms with Gasteiger partial charge in [0.05, 0.1) is 16.1 Å². The van der Waals surface area contributed by atoms with E-state index in [1.165, 1.54) is 27.9 Å². The van der Waals surface area contributed by atoms with Gasteiger partial charge in [-0.1, -0.05) is 47.0 Å². The van der Waals surface area contributed by atoms with Crippen LogP contribution in [-0.4, -0.2) is 0 Å². The third-order valence-corrected chi connectivity index (χ3v) is 4.39. The van der Waals surface area contributed by atoms with Crippen LogP contribution in [0.4, 0.5) is 5.69 Å². The molecule has 19 heavy (non-hydrogen) atoms. The summed E-state index contributed by atoms with van der Waals surface area (Å²) < 4.78 is 0. The lowest BCUT2D eigenvalue weighted by molar-refractivity contribution is 0.824. The Kier molecular flexibility index (Phi) is 3.20. The second-order valence-corrected chi connectivity index (χ2v) is 6.00. The molecule has 0 radical (unpaired) electrons. The Morgan fingerprint density at radius 1 is 1.05 bits per heavy atom. The molecule has 1 N–H and O–H groups in total. The zero-order valence-corrected chi connectivity index (χ0v) is 12.4. The Morgan fingerprint density at radius 3 is 2.58 bits per heavy atom. The molecule has 98 valence electrons. The SMILES string of the molecule is Cc1cc(C)c2c(c1)CC(c1ccc(Cl)c(Cl)c1)N2. The van der Waals surface area contributed by atoms with Crippen molar-refractivity contribution in [2.75, 3.05) is 5.32 Å². The molecule has 1 unspecified atom stereocenters. The minimum atomic E-state index is 0.283. The summed E-state index contributed by atoms with van der Waals surface area (Å²) in [7, 11) is 0. The minimum Gasteiger partial charge on any atom is -0.377 e. The molecule has 2 aromatic carbocycles. The number of benzene rings is 2. The Bertz CT molecular complexity index is 649. The lowest BCUT2D eigenvalue weighted by atomic mass is 10.0. The predicted molar refractivity (Wildman–Crippen MR) is 82.4 cm³/mol. The predicted octanol–water partition coefficient (Wildman–Crippen LogP) is 5.32. The highest BCUT2D eigenvalue weighted by atomic mass is 35.5. The highest BCUT2D eigenvalue weighted by Crippen LogP contribution is 2.38. The van der Waals surface area contributed by atoms with Crippen LogP contribution < -0.4 is 5.32 Å². The van der Waals surface area contributed by atoms with Crippen molar-refractivity contribution in [2.45, 2.75) is 26.3 Å². The van der Waals surface area contributed by atoms with Crippen molar-refractivity contribution in [3.63, 3.8) is 0 Å². The van der Waals surface area contributed by atoms with E-state index in [1.807, 2.05) is 18.2 Å². The first-order valence-electron chi connectivity index (χ1n) is 6.36. The summed E-state index contributed by atoms with van der Waals surface area (Å²) in [5.74, 6) is 0. The van der Waals surface area contributed by atoms with Gasteiger partial charge < -0.3 is 5.32 Å². The summed E-state index contributed by atoms with van der Waals surface area (Å²) in [6.07, 6.45) is 0.996. The van der Waals surface area contributed by atoms with E-state index >= 15 is 0 Å². The van der Waals surface area contributed by atoms with E-state index in [0.29, 0.717) is 10.0 Å². The van der Waals surface area contributed by atoms with E-state index < -0.39 is 0 Å². The maximum atomic E-state index is 6.10. The third-order valence-electron chi connectivity index (χ3n) is 3.65. The summed E-state index contributed by atoms with van der Waals surface area (Å²) in [6.45, 7) is 4.29. The molecule has 0 aromatic heterocycles. The van der Waals surface area contributed by atoms with E-state index in [-0.39, 0.29) is 6.04 Å². The molecule has 0 fully saturated rings. The van der Waals surface area contributed by atoms with Crippen molar-refractivity contribution in [1.29, 1.82) is 0 Å². The molecule has 3 rings (SSSR count). The molecule has 0 bridgehead atoms. The minimum absolute atomic E-state index is 0.283. The fourth-order valence-electron chi connectivity index (χ4n) is 2.80. The molecule has 1 aliphatic heterocycles. The van der Waals surface area contributed by atoms with E-state index in [2.05, 4.69) is 31.3 Å². The first-order chi connectivity index (χ1) is 9.04. The average molecular weight is 292 g/mol. The zero-order valence-electron chi connectivity index (χ0n) is 10.9. The summed E-state index contributed by atoms with van der Waals surface area (Å²) >= 11 is 12.1. The number of nitrogens with one attached hydrogen (secondary N) is 1. The van der Waals surface area contributed by atoms with Crippen molar-refractivity contribution in [2.24, 2.45) is 0 Å². The molecular weight excluding hydrogens is 277 g/mol. The van der Waals surface area contributed by atoms with Crippen LogP contribution in [0.2, 0.25) is 10.0 Å². The van der Waals surface area contributed by atoms with E-state index in [1.54, 1.807) is 0 Å². The van der Waals surface area contributed by atoms with Crippen molar-refractivity contribution < 1.29 is 0 Å². The Balaban J connectivity index is 1.95.